The van der Waals surface area contributed by atoms with Gasteiger partial charge in [0.05, 0.1) is 12.5 Å². The summed E-state index contributed by atoms with van der Waals surface area (Å²) in [7, 11) is 4.82. The number of likely N-dealkylation sites (tertiary alicyclic amines) is 1. The molecule has 2 aliphatic rings. The summed E-state index contributed by atoms with van der Waals surface area (Å²) in [6, 6.07) is 9.26. The molecular formula is C30H41N3O8. The van der Waals surface area contributed by atoms with Gasteiger partial charge < -0.3 is 38.8 Å². The molecule has 0 bridgehead atoms. The van der Waals surface area contributed by atoms with Crippen LogP contribution in [-0.2, 0) is 37.6 Å². The van der Waals surface area contributed by atoms with Gasteiger partial charge in [-0.1, -0.05) is 6.07 Å². The Kier molecular flexibility index (Phi) is 10.4. The van der Waals surface area contributed by atoms with E-state index in [1.165, 1.54) is 24.3 Å². The molecule has 2 N–H and O–H groups in total. The van der Waals surface area contributed by atoms with Crippen molar-refractivity contribution in [1.29, 1.82) is 0 Å². The van der Waals surface area contributed by atoms with Crippen molar-refractivity contribution in [2.45, 2.75) is 50.3 Å². The molecule has 1 aliphatic heterocycles. The number of aromatic nitrogens is 1. The predicted octanol–water partition coefficient (Wildman–Crippen LogP) is 3.01. The van der Waals surface area contributed by atoms with Crippen LogP contribution >= 0.6 is 0 Å². The largest absolute Gasteiger partial charge is 0.491 e. The number of rotatable bonds is 14. The first-order chi connectivity index (χ1) is 19.8. The van der Waals surface area contributed by atoms with Crippen molar-refractivity contribution in [3.8, 4) is 5.75 Å². The molecule has 0 spiro atoms. The number of piperidine rings is 1. The number of methoxy groups -OCH3 is 3. The maximum absolute atomic E-state index is 14.5. The summed E-state index contributed by atoms with van der Waals surface area (Å²) in [5.41, 5.74) is 1.13. The van der Waals surface area contributed by atoms with Gasteiger partial charge in [0.1, 0.15) is 18.0 Å². The van der Waals surface area contributed by atoms with E-state index in [0.717, 1.165) is 36.8 Å². The van der Waals surface area contributed by atoms with Crippen LogP contribution in [0.1, 0.15) is 42.4 Å². The number of nitrogens with zero attached hydrogens (tertiary/aromatic N) is 2. The van der Waals surface area contributed by atoms with Gasteiger partial charge in [-0.15, -0.1) is 0 Å². The highest BCUT2D eigenvalue weighted by atomic mass is 16.5. The standard InChI is InChI=1S/C30H41N3O8/c1-38-12-4-5-21-15-22(17-25(16-21)41-14-13-39-2)19-33(24-6-7-24)28(35)26-20-32(29(36)37)11-9-30(26,40-3)23-8-10-31-27(34)18-23/h8,10,15-18,24,26H,4-7,9,11-14,19-20H2,1-3H3,(H,31,34)(H,36,37). The number of carboxylic acid groups (broad SMARTS) is 1. The predicted molar refractivity (Wildman–Crippen MR) is 151 cm³/mol. The second-order valence-corrected chi connectivity index (χ2v) is 10.7. The van der Waals surface area contributed by atoms with E-state index in [1.807, 2.05) is 17.0 Å². The van der Waals surface area contributed by atoms with Crippen LogP contribution in [0.2, 0.25) is 0 Å². The second kappa shape index (κ2) is 14.0. The molecule has 11 nitrogen and oxygen atoms in total. The summed E-state index contributed by atoms with van der Waals surface area (Å²) in [5.74, 6) is -0.311. The highest BCUT2D eigenvalue weighted by Crippen LogP contribution is 2.43. The Balaban J connectivity index is 1.67. The molecule has 1 saturated carbocycles. The number of amides is 2. The minimum atomic E-state index is -1.14. The van der Waals surface area contributed by atoms with Crippen LogP contribution in [0, 0.1) is 5.92 Å². The summed E-state index contributed by atoms with van der Waals surface area (Å²) >= 11 is 0. The first-order valence-electron chi connectivity index (χ1n) is 14.1. The Labute approximate surface area is 240 Å². The molecule has 2 amide bonds. The van der Waals surface area contributed by atoms with Crippen LogP contribution in [-0.4, -0.2) is 92.2 Å². The van der Waals surface area contributed by atoms with Crippen molar-refractivity contribution >= 4 is 12.0 Å². The topological polar surface area (TPSA) is 131 Å². The van der Waals surface area contributed by atoms with Crippen molar-refractivity contribution in [3.05, 3.63) is 63.6 Å². The molecule has 1 aromatic carbocycles. The van der Waals surface area contributed by atoms with E-state index >= 15 is 0 Å². The number of H-pyrrole nitrogens is 1. The zero-order chi connectivity index (χ0) is 29.4. The molecule has 224 valence electrons. The number of hydrogen-bond donors (Lipinski definition) is 2. The van der Waals surface area contributed by atoms with Gasteiger partial charge in [-0.25, -0.2) is 4.79 Å². The molecule has 2 heterocycles. The van der Waals surface area contributed by atoms with Crippen molar-refractivity contribution in [2.75, 3.05) is 54.2 Å². The summed E-state index contributed by atoms with van der Waals surface area (Å²) in [5, 5.41) is 9.80. The van der Waals surface area contributed by atoms with Gasteiger partial charge >= 0.3 is 6.09 Å². The number of hydrogen-bond acceptors (Lipinski definition) is 7. The van der Waals surface area contributed by atoms with Gasteiger partial charge in [-0.2, -0.15) is 0 Å². The summed E-state index contributed by atoms with van der Waals surface area (Å²) in [6.45, 7) is 2.01. The lowest BCUT2D eigenvalue weighted by molar-refractivity contribution is -0.159. The van der Waals surface area contributed by atoms with E-state index in [9.17, 15) is 19.5 Å². The van der Waals surface area contributed by atoms with Gasteiger partial charge in [0, 0.05) is 65.9 Å². The minimum Gasteiger partial charge on any atom is -0.491 e. The number of aryl methyl sites for hydroxylation is 1. The van der Waals surface area contributed by atoms with E-state index in [2.05, 4.69) is 11.1 Å². The maximum Gasteiger partial charge on any atom is 0.407 e. The SMILES string of the molecule is COCCCc1cc(CN(C(=O)C2CN(C(=O)O)CCC2(OC)c2cc[nH]c(=O)c2)C2CC2)cc(OCCOC)c1. The van der Waals surface area contributed by atoms with Gasteiger partial charge in [0.25, 0.3) is 0 Å². The number of benzene rings is 1. The van der Waals surface area contributed by atoms with E-state index in [0.29, 0.717) is 37.7 Å². The van der Waals surface area contributed by atoms with Gasteiger partial charge in [0.2, 0.25) is 11.5 Å². The van der Waals surface area contributed by atoms with Crippen molar-refractivity contribution in [2.24, 2.45) is 5.92 Å². The molecule has 2 atom stereocenters. The lowest BCUT2D eigenvalue weighted by atomic mass is 9.75. The highest BCUT2D eigenvalue weighted by Gasteiger charge is 2.52. The van der Waals surface area contributed by atoms with E-state index in [1.54, 1.807) is 20.3 Å². The quantitative estimate of drug-likeness (QED) is 0.331. The summed E-state index contributed by atoms with van der Waals surface area (Å²) in [6.07, 6.45) is 4.09. The van der Waals surface area contributed by atoms with Crippen LogP contribution < -0.4 is 10.3 Å². The lowest BCUT2D eigenvalue weighted by Crippen LogP contribution is -2.58. The van der Waals surface area contributed by atoms with Crippen LogP contribution in [0.3, 0.4) is 0 Å². The monoisotopic (exact) mass is 571 g/mol. The Morgan fingerprint density at radius 2 is 1.83 bits per heavy atom. The third-order valence-corrected chi connectivity index (χ3v) is 7.94. The van der Waals surface area contributed by atoms with Crippen LogP contribution in [0.5, 0.6) is 5.75 Å². The Bertz CT molecular complexity index is 1220. The number of ether oxygens (including phenoxy) is 4. The van der Waals surface area contributed by atoms with Gasteiger partial charge in [0.15, 0.2) is 0 Å². The molecule has 2 aromatic rings. The molecule has 1 aliphatic carbocycles. The third kappa shape index (κ3) is 7.46. The fourth-order valence-electron chi connectivity index (χ4n) is 5.68. The second-order valence-electron chi connectivity index (χ2n) is 10.7. The van der Waals surface area contributed by atoms with Crippen LogP contribution in [0.4, 0.5) is 4.79 Å². The zero-order valence-corrected chi connectivity index (χ0v) is 24.1. The fourth-order valence-corrected chi connectivity index (χ4v) is 5.68. The Morgan fingerprint density at radius 3 is 2.49 bits per heavy atom. The van der Waals surface area contributed by atoms with Crippen molar-refractivity contribution in [3.63, 3.8) is 0 Å². The van der Waals surface area contributed by atoms with E-state index in [-0.39, 0.29) is 37.0 Å². The summed E-state index contributed by atoms with van der Waals surface area (Å²) in [4.78, 5) is 44.4. The number of pyridine rings is 1. The van der Waals surface area contributed by atoms with Crippen molar-refractivity contribution < 1.29 is 33.6 Å². The van der Waals surface area contributed by atoms with E-state index < -0.39 is 17.6 Å². The molecule has 1 aromatic heterocycles. The Hall–Kier alpha value is -3.41. The third-order valence-electron chi connectivity index (χ3n) is 7.94. The number of carbonyl (C=O) groups is 2. The minimum absolute atomic E-state index is 0.0273. The van der Waals surface area contributed by atoms with E-state index in [4.69, 9.17) is 18.9 Å². The maximum atomic E-state index is 14.5. The highest BCUT2D eigenvalue weighted by molar-refractivity contribution is 5.82. The number of aromatic amines is 1. The van der Waals surface area contributed by atoms with Crippen LogP contribution in [0.25, 0.3) is 0 Å². The molecule has 11 heteroatoms. The van der Waals surface area contributed by atoms with Gasteiger partial charge in [-0.05, 0) is 67.0 Å². The molecule has 1 saturated heterocycles. The molecule has 2 fully saturated rings. The zero-order valence-electron chi connectivity index (χ0n) is 24.1. The fraction of sp³-hybridized carbons (Fsp3) is 0.567. The molecule has 41 heavy (non-hydrogen) atoms. The normalized spacial score (nSPS) is 20.6. The van der Waals surface area contributed by atoms with Gasteiger partial charge in [-0.3, -0.25) is 9.59 Å². The first kappa shape index (κ1) is 30.5. The number of carbonyl (C=O) groups excluding carboxylic acids is 1. The Morgan fingerprint density at radius 1 is 1.07 bits per heavy atom. The number of nitrogens with one attached hydrogen (secondary N) is 1. The first-order valence-corrected chi connectivity index (χ1v) is 14.1. The smallest absolute Gasteiger partial charge is 0.407 e. The molecule has 0 radical (unpaired) electrons. The lowest BCUT2D eigenvalue weighted by Gasteiger charge is -2.47. The molecule has 2 unspecified atom stereocenters. The summed E-state index contributed by atoms with van der Waals surface area (Å²) < 4.78 is 22.4. The van der Waals surface area contributed by atoms with Crippen LogP contribution in [0.15, 0.2) is 41.3 Å². The average Bonchev–Trinajstić information content (AvgIpc) is 3.81. The molecule has 4 rings (SSSR count). The molecular weight excluding hydrogens is 530 g/mol. The van der Waals surface area contributed by atoms with Crippen molar-refractivity contribution in [1.82, 2.24) is 14.8 Å². The average molecular weight is 572 g/mol.